The highest BCUT2D eigenvalue weighted by Crippen LogP contribution is 2.22. The molecule has 1 amide bonds. The van der Waals surface area contributed by atoms with Gasteiger partial charge in [0.2, 0.25) is 0 Å². The monoisotopic (exact) mass is 347 g/mol. The number of rotatable bonds is 5. The van der Waals surface area contributed by atoms with Gasteiger partial charge in [-0.15, -0.1) is 0 Å². The third-order valence-electron chi connectivity index (χ3n) is 3.49. The zero-order valence-electron chi connectivity index (χ0n) is 13.3. The molecule has 6 heteroatoms. The maximum absolute atomic E-state index is 12.2. The lowest BCUT2D eigenvalue weighted by Crippen LogP contribution is -2.37. The molecule has 0 aliphatic heterocycles. The number of hydrogen-bond donors (Lipinski definition) is 2. The van der Waals surface area contributed by atoms with Gasteiger partial charge in [0.1, 0.15) is 11.3 Å². The van der Waals surface area contributed by atoms with Crippen LogP contribution in [-0.4, -0.2) is 23.1 Å². The topological polar surface area (TPSA) is 75.6 Å². The van der Waals surface area contributed by atoms with Gasteiger partial charge in [0.15, 0.2) is 6.10 Å². The number of aromatic hydroxyl groups is 1. The van der Waals surface area contributed by atoms with Gasteiger partial charge in [0, 0.05) is 5.02 Å². The molecule has 0 bridgehead atoms. The fraction of sp³-hybridized carbons (Fsp3) is 0.222. The van der Waals surface area contributed by atoms with Crippen LogP contribution in [0.2, 0.25) is 5.02 Å². The van der Waals surface area contributed by atoms with Crippen LogP contribution < -0.4 is 5.32 Å². The van der Waals surface area contributed by atoms with Gasteiger partial charge in [-0.25, -0.2) is 4.79 Å². The van der Waals surface area contributed by atoms with Crippen LogP contribution in [0.5, 0.6) is 5.75 Å². The first kappa shape index (κ1) is 17.8. The summed E-state index contributed by atoms with van der Waals surface area (Å²) in [7, 11) is 0. The molecule has 2 rings (SSSR count). The summed E-state index contributed by atoms with van der Waals surface area (Å²) in [6, 6.07) is 13.2. The van der Waals surface area contributed by atoms with Crippen LogP contribution in [0.4, 0.5) is 0 Å². The van der Waals surface area contributed by atoms with Crippen molar-refractivity contribution in [1.29, 1.82) is 0 Å². The number of benzene rings is 2. The molecule has 2 atom stereocenters. The lowest BCUT2D eigenvalue weighted by molar-refractivity contribution is -0.129. The number of carbonyl (C=O) groups is 2. The molecule has 0 fully saturated rings. The quantitative estimate of drug-likeness (QED) is 0.812. The number of phenols is 1. The van der Waals surface area contributed by atoms with Gasteiger partial charge in [-0.2, -0.15) is 0 Å². The first-order valence-corrected chi connectivity index (χ1v) is 7.81. The average Bonchev–Trinajstić information content (AvgIpc) is 2.57. The number of phenolic OH excluding ortho intramolecular Hbond substituents is 1. The molecule has 126 valence electrons. The highest BCUT2D eigenvalue weighted by molar-refractivity contribution is 6.31. The Balaban J connectivity index is 1.98. The molecule has 0 radical (unpaired) electrons. The number of ether oxygens (including phenoxy) is 1. The fourth-order valence-electron chi connectivity index (χ4n) is 2.11. The summed E-state index contributed by atoms with van der Waals surface area (Å²) in [5.74, 6) is -1.50. The molecule has 0 aromatic heterocycles. The Morgan fingerprint density at radius 3 is 2.46 bits per heavy atom. The minimum Gasteiger partial charge on any atom is -0.507 e. The molecule has 2 unspecified atom stereocenters. The van der Waals surface area contributed by atoms with E-state index >= 15 is 0 Å². The van der Waals surface area contributed by atoms with E-state index in [2.05, 4.69) is 5.32 Å². The molecule has 0 saturated heterocycles. The van der Waals surface area contributed by atoms with Gasteiger partial charge >= 0.3 is 5.97 Å². The number of halogens is 1. The number of carbonyl (C=O) groups excluding carboxylic acids is 2. The van der Waals surface area contributed by atoms with Gasteiger partial charge in [-0.3, -0.25) is 4.79 Å². The number of hydrogen-bond acceptors (Lipinski definition) is 4. The van der Waals surface area contributed by atoms with E-state index in [1.54, 1.807) is 0 Å². The van der Waals surface area contributed by atoms with Crippen molar-refractivity contribution in [1.82, 2.24) is 5.32 Å². The first-order valence-electron chi connectivity index (χ1n) is 7.43. The van der Waals surface area contributed by atoms with E-state index in [1.165, 1.54) is 25.1 Å². The SMILES string of the molecule is CC(OC(=O)c1cc(Cl)ccc1O)C(=O)NC(C)c1ccccc1. The zero-order valence-corrected chi connectivity index (χ0v) is 14.1. The van der Waals surface area contributed by atoms with Crippen LogP contribution in [0.3, 0.4) is 0 Å². The molecule has 0 aliphatic rings. The maximum Gasteiger partial charge on any atom is 0.342 e. The maximum atomic E-state index is 12.2. The second kappa shape index (κ2) is 7.84. The predicted octanol–water partition coefficient (Wildman–Crippen LogP) is 3.47. The lowest BCUT2D eigenvalue weighted by atomic mass is 10.1. The molecule has 5 nitrogen and oxygen atoms in total. The summed E-state index contributed by atoms with van der Waals surface area (Å²) >= 11 is 5.80. The van der Waals surface area contributed by atoms with Crippen molar-refractivity contribution in [3.8, 4) is 5.75 Å². The second-order valence-electron chi connectivity index (χ2n) is 5.35. The molecule has 0 saturated carbocycles. The fourth-order valence-corrected chi connectivity index (χ4v) is 2.28. The Morgan fingerprint density at radius 1 is 1.12 bits per heavy atom. The van der Waals surface area contributed by atoms with Crippen molar-refractivity contribution in [2.24, 2.45) is 0 Å². The Kier molecular flexibility index (Phi) is 5.82. The third-order valence-corrected chi connectivity index (χ3v) is 3.72. The van der Waals surface area contributed by atoms with E-state index in [4.69, 9.17) is 16.3 Å². The van der Waals surface area contributed by atoms with Crippen molar-refractivity contribution in [2.45, 2.75) is 26.0 Å². The van der Waals surface area contributed by atoms with Gasteiger partial charge < -0.3 is 15.2 Å². The largest absolute Gasteiger partial charge is 0.507 e. The summed E-state index contributed by atoms with van der Waals surface area (Å²) in [6.07, 6.45) is -1.01. The molecule has 0 spiro atoms. The van der Waals surface area contributed by atoms with E-state index in [0.717, 1.165) is 5.56 Å². The highest BCUT2D eigenvalue weighted by Gasteiger charge is 2.22. The second-order valence-corrected chi connectivity index (χ2v) is 5.79. The molecule has 0 heterocycles. The highest BCUT2D eigenvalue weighted by atomic mass is 35.5. The van der Waals surface area contributed by atoms with Crippen LogP contribution in [0.25, 0.3) is 0 Å². The number of esters is 1. The summed E-state index contributed by atoms with van der Waals surface area (Å²) in [5, 5.41) is 12.8. The lowest BCUT2D eigenvalue weighted by Gasteiger charge is -2.18. The number of amides is 1. The van der Waals surface area contributed by atoms with E-state index in [1.807, 2.05) is 37.3 Å². The standard InChI is InChI=1S/C18H18ClNO4/c1-11(13-6-4-3-5-7-13)20-17(22)12(2)24-18(23)15-10-14(19)8-9-16(15)21/h3-12,21H,1-2H3,(H,20,22). The van der Waals surface area contributed by atoms with Crippen molar-refractivity contribution in [3.05, 3.63) is 64.7 Å². The van der Waals surface area contributed by atoms with Crippen LogP contribution in [0, 0.1) is 0 Å². The predicted molar refractivity (Wildman–Crippen MR) is 91.0 cm³/mol. The average molecular weight is 348 g/mol. The third kappa shape index (κ3) is 4.49. The Morgan fingerprint density at radius 2 is 1.79 bits per heavy atom. The summed E-state index contributed by atoms with van der Waals surface area (Å²) in [5.41, 5.74) is 0.857. The van der Waals surface area contributed by atoms with Crippen LogP contribution in [0.15, 0.2) is 48.5 Å². The van der Waals surface area contributed by atoms with Gasteiger partial charge in [0.05, 0.1) is 6.04 Å². The van der Waals surface area contributed by atoms with Gasteiger partial charge in [-0.05, 0) is 37.6 Å². The molecule has 2 aromatic carbocycles. The van der Waals surface area contributed by atoms with Crippen molar-refractivity contribution in [2.75, 3.05) is 0 Å². The molecular formula is C18H18ClNO4. The Hall–Kier alpha value is -2.53. The normalized spacial score (nSPS) is 13.0. The van der Waals surface area contributed by atoms with Crippen molar-refractivity contribution >= 4 is 23.5 Å². The van der Waals surface area contributed by atoms with Crippen molar-refractivity contribution < 1.29 is 19.4 Å². The van der Waals surface area contributed by atoms with Crippen LogP contribution in [0.1, 0.15) is 35.8 Å². The summed E-state index contributed by atoms with van der Waals surface area (Å²) in [4.78, 5) is 24.2. The Labute approximate surface area is 145 Å². The van der Waals surface area contributed by atoms with E-state index < -0.39 is 18.0 Å². The molecule has 0 aliphatic carbocycles. The van der Waals surface area contributed by atoms with Gasteiger partial charge in [-0.1, -0.05) is 41.9 Å². The summed E-state index contributed by atoms with van der Waals surface area (Å²) < 4.78 is 5.10. The van der Waals surface area contributed by atoms with Crippen molar-refractivity contribution in [3.63, 3.8) is 0 Å². The van der Waals surface area contributed by atoms with Gasteiger partial charge in [0.25, 0.3) is 5.91 Å². The zero-order chi connectivity index (χ0) is 17.7. The minimum atomic E-state index is -1.01. The molecule has 2 N–H and O–H groups in total. The minimum absolute atomic E-state index is 0.0849. The van der Waals surface area contributed by atoms with E-state index in [0.29, 0.717) is 0 Å². The molecule has 24 heavy (non-hydrogen) atoms. The van der Waals surface area contributed by atoms with E-state index in [9.17, 15) is 14.7 Å². The number of nitrogens with one attached hydrogen (secondary N) is 1. The first-order chi connectivity index (χ1) is 11.4. The van der Waals surface area contributed by atoms with E-state index in [-0.39, 0.29) is 22.4 Å². The Bertz CT molecular complexity index is 733. The summed E-state index contributed by atoms with van der Waals surface area (Å²) in [6.45, 7) is 3.30. The smallest absolute Gasteiger partial charge is 0.342 e. The molecule has 2 aromatic rings. The molecular weight excluding hydrogens is 330 g/mol. The van der Waals surface area contributed by atoms with Crippen LogP contribution >= 0.6 is 11.6 Å². The van der Waals surface area contributed by atoms with Crippen LogP contribution in [-0.2, 0) is 9.53 Å².